The Labute approximate surface area is 216 Å². The number of amides is 3. The molecule has 0 unspecified atom stereocenters. The van der Waals surface area contributed by atoms with E-state index in [-0.39, 0.29) is 37.4 Å². The molecule has 2 aromatic rings. The predicted molar refractivity (Wildman–Crippen MR) is 137 cm³/mol. The molecule has 8 nitrogen and oxygen atoms in total. The fraction of sp³-hybridized carbons (Fsp3) is 0.464. The molecular formula is C28H34FN3O5. The van der Waals surface area contributed by atoms with Crippen LogP contribution in [0, 0.1) is 12.7 Å². The van der Waals surface area contributed by atoms with Gasteiger partial charge in [-0.25, -0.2) is 9.18 Å². The first-order valence-corrected chi connectivity index (χ1v) is 12.8. The van der Waals surface area contributed by atoms with E-state index in [1.165, 1.54) is 35.1 Å². The van der Waals surface area contributed by atoms with Crippen LogP contribution < -0.4 is 10.2 Å². The van der Waals surface area contributed by atoms with Gasteiger partial charge in [-0.05, 0) is 49.1 Å². The van der Waals surface area contributed by atoms with Gasteiger partial charge in [-0.3, -0.25) is 19.4 Å². The van der Waals surface area contributed by atoms with Crippen molar-refractivity contribution in [3.8, 4) is 0 Å². The van der Waals surface area contributed by atoms with Crippen LogP contribution in [-0.2, 0) is 19.1 Å². The average Bonchev–Trinajstić information content (AvgIpc) is 2.92. The van der Waals surface area contributed by atoms with Gasteiger partial charge in [0.2, 0.25) is 5.91 Å². The lowest BCUT2D eigenvalue weighted by atomic mass is 9.93. The van der Waals surface area contributed by atoms with Crippen molar-refractivity contribution in [1.82, 2.24) is 10.2 Å². The Kier molecular flexibility index (Phi) is 8.76. The van der Waals surface area contributed by atoms with Crippen LogP contribution in [0.25, 0.3) is 0 Å². The lowest BCUT2D eigenvalue weighted by molar-refractivity contribution is -0.132. The van der Waals surface area contributed by atoms with Crippen LogP contribution >= 0.6 is 0 Å². The van der Waals surface area contributed by atoms with Crippen molar-refractivity contribution in [1.29, 1.82) is 0 Å². The Hall–Kier alpha value is -3.46. The fourth-order valence-electron chi connectivity index (χ4n) is 5.15. The van der Waals surface area contributed by atoms with Gasteiger partial charge in [0.25, 0.3) is 5.91 Å². The minimum absolute atomic E-state index is 0.00168. The van der Waals surface area contributed by atoms with Crippen LogP contribution in [-0.4, -0.2) is 61.8 Å². The van der Waals surface area contributed by atoms with Gasteiger partial charge in [0, 0.05) is 18.3 Å². The largest absolute Gasteiger partial charge is 0.453 e. The maximum atomic E-state index is 14.5. The zero-order chi connectivity index (χ0) is 26.4. The van der Waals surface area contributed by atoms with Gasteiger partial charge in [0.05, 0.1) is 20.3 Å². The summed E-state index contributed by atoms with van der Waals surface area (Å²) in [5, 5.41) is 3.15. The van der Waals surface area contributed by atoms with Gasteiger partial charge in [0.1, 0.15) is 17.9 Å². The minimum atomic E-state index is -1.08. The highest BCUT2D eigenvalue weighted by Gasteiger charge is 2.42. The van der Waals surface area contributed by atoms with E-state index in [0.29, 0.717) is 5.56 Å². The van der Waals surface area contributed by atoms with Crippen LogP contribution in [0.15, 0.2) is 48.5 Å². The first kappa shape index (κ1) is 26.6. The summed E-state index contributed by atoms with van der Waals surface area (Å²) < 4.78 is 24.9. The number of morpholine rings is 1. The molecule has 0 spiro atoms. The lowest BCUT2D eigenvalue weighted by Crippen LogP contribution is -2.59. The van der Waals surface area contributed by atoms with E-state index in [2.05, 4.69) is 5.32 Å². The van der Waals surface area contributed by atoms with Gasteiger partial charge in [0.15, 0.2) is 0 Å². The van der Waals surface area contributed by atoms with Gasteiger partial charge in [-0.1, -0.05) is 49.6 Å². The second kappa shape index (κ2) is 12.2. The predicted octanol–water partition coefficient (Wildman–Crippen LogP) is 4.12. The topological polar surface area (TPSA) is 88.2 Å². The van der Waals surface area contributed by atoms with E-state index >= 15 is 0 Å². The summed E-state index contributed by atoms with van der Waals surface area (Å²) in [6.07, 6.45) is 4.26. The number of nitrogens with zero attached hydrogens (tertiary/aromatic N) is 2. The summed E-state index contributed by atoms with van der Waals surface area (Å²) in [5.74, 6) is -1.45. The van der Waals surface area contributed by atoms with E-state index in [1.54, 1.807) is 12.1 Å². The summed E-state index contributed by atoms with van der Waals surface area (Å²) in [4.78, 5) is 43.4. The number of methoxy groups -OCH3 is 1. The normalized spacial score (nSPS) is 19.1. The van der Waals surface area contributed by atoms with Crippen molar-refractivity contribution < 1.29 is 28.2 Å². The van der Waals surface area contributed by atoms with Crippen LogP contribution in [0.5, 0.6) is 0 Å². The monoisotopic (exact) mass is 511 g/mol. The smallest absolute Gasteiger partial charge is 0.410 e. The minimum Gasteiger partial charge on any atom is -0.453 e. The highest BCUT2D eigenvalue weighted by molar-refractivity contribution is 6.05. The molecular weight excluding hydrogens is 477 g/mol. The number of carbonyl (C=O) groups excluding carboxylic acids is 3. The number of ether oxygens (including phenoxy) is 2. The molecule has 1 aliphatic heterocycles. The number of anilines is 1. The van der Waals surface area contributed by atoms with Crippen LogP contribution in [0.3, 0.4) is 0 Å². The van der Waals surface area contributed by atoms with Gasteiger partial charge in [-0.15, -0.1) is 0 Å². The van der Waals surface area contributed by atoms with Crippen molar-refractivity contribution in [2.24, 2.45) is 0 Å². The van der Waals surface area contributed by atoms with Crippen molar-refractivity contribution in [3.05, 3.63) is 65.5 Å². The molecule has 1 aliphatic carbocycles. The summed E-state index contributed by atoms with van der Waals surface area (Å²) in [6, 6.07) is 10.8. The molecule has 198 valence electrons. The molecule has 0 radical (unpaired) electrons. The van der Waals surface area contributed by atoms with E-state index in [4.69, 9.17) is 9.47 Å². The zero-order valence-electron chi connectivity index (χ0n) is 21.3. The molecule has 1 saturated heterocycles. The van der Waals surface area contributed by atoms with Crippen molar-refractivity contribution in [2.75, 3.05) is 31.8 Å². The van der Waals surface area contributed by atoms with E-state index in [1.807, 2.05) is 25.1 Å². The number of nitrogens with one attached hydrogen (secondary N) is 1. The quantitative estimate of drug-likeness (QED) is 0.630. The molecule has 2 aliphatic rings. The summed E-state index contributed by atoms with van der Waals surface area (Å²) in [7, 11) is 1.25. The Morgan fingerprint density at radius 3 is 2.57 bits per heavy atom. The number of rotatable bonds is 6. The van der Waals surface area contributed by atoms with Crippen molar-refractivity contribution >= 4 is 23.6 Å². The molecule has 2 atom stereocenters. The maximum absolute atomic E-state index is 14.5. The van der Waals surface area contributed by atoms with Crippen molar-refractivity contribution in [2.45, 2.75) is 57.2 Å². The average molecular weight is 512 g/mol. The molecule has 1 N–H and O–H groups in total. The molecule has 4 rings (SSSR count). The maximum Gasteiger partial charge on any atom is 0.410 e. The summed E-state index contributed by atoms with van der Waals surface area (Å²) in [5.41, 5.74) is 1.65. The number of carbonyl (C=O) groups is 3. The SMILES string of the molecule is COC(=O)N1CCOC[C@H]1C(=O)N(c1cccc(F)c1)[C@H](C(=O)NC1CCCCC1)c1ccccc1C. The third kappa shape index (κ3) is 6.10. The standard InChI is InChI=1S/C28H34FN3O5/c1-19-9-6-7-14-23(19)25(26(33)30-21-11-4-3-5-12-21)32(22-13-8-10-20(29)17-22)27(34)24-18-37-16-15-31(24)28(35)36-2/h6-10,13-14,17,21,24-25H,3-5,11-12,15-16,18H2,1-2H3,(H,30,33)/t24-,25-/m0/s1. The van der Waals surface area contributed by atoms with Crippen LogP contribution in [0.1, 0.15) is 49.3 Å². The number of hydrogen-bond acceptors (Lipinski definition) is 5. The Morgan fingerprint density at radius 2 is 1.86 bits per heavy atom. The van der Waals surface area contributed by atoms with Gasteiger partial charge < -0.3 is 14.8 Å². The Morgan fingerprint density at radius 1 is 1.11 bits per heavy atom. The van der Waals surface area contributed by atoms with Gasteiger partial charge in [-0.2, -0.15) is 0 Å². The molecule has 37 heavy (non-hydrogen) atoms. The second-order valence-electron chi connectivity index (χ2n) is 9.54. The number of aryl methyl sites for hydroxylation is 1. The zero-order valence-corrected chi connectivity index (χ0v) is 21.3. The molecule has 9 heteroatoms. The first-order valence-electron chi connectivity index (χ1n) is 12.8. The Bertz CT molecular complexity index is 1120. The first-order chi connectivity index (χ1) is 17.9. The number of hydrogen-bond donors (Lipinski definition) is 1. The highest BCUT2D eigenvalue weighted by Crippen LogP contribution is 2.33. The molecule has 1 heterocycles. The summed E-state index contributed by atoms with van der Waals surface area (Å²) in [6.45, 7) is 2.21. The van der Waals surface area contributed by atoms with Crippen LogP contribution in [0.2, 0.25) is 0 Å². The molecule has 0 bridgehead atoms. The molecule has 0 aromatic heterocycles. The fourth-order valence-corrected chi connectivity index (χ4v) is 5.15. The Balaban J connectivity index is 1.81. The third-order valence-electron chi connectivity index (χ3n) is 7.09. The summed E-state index contributed by atoms with van der Waals surface area (Å²) >= 11 is 0. The van der Waals surface area contributed by atoms with Crippen molar-refractivity contribution in [3.63, 3.8) is 0 Å². The third-order valence-corrected chi connectivity index (χ3v) is 7.09. The molecule has 2 fully saturated rings. The van der Waals surface area contributed by atoms with E-state index in [0.717, 1.165) is 37.7 Å². The highest BCUT2D eigenvalue weighted by atomic mass is 19.1. The van der Waals surface area contributed by atoms with Gasteiger partial charge >= 0.3 is 6.09 Å². The van der Waals surface area contributed by atoms with Crippen LogP contribution in [0.4, 0.5) is 14.9 Å². The van der Waals surface area contributed by atoms with E-state index < -0.39 is 29.9 Å². The number of benzene rings is 2. The molecule has 1 saturated carbocycles. The lowest BCUT2D eigenvalue weighted by Gasteiger charge is -2.40. The number of halogens is 1. The molecule has 2 aromatic carbocycles. The van der Waals surface area contributed by atoms with E-state index in [9.17, 15) is 18.8 Å². The second-order valence-corrected chi connectivity index (χ2v) is 9.54. The molecule has 3 amide bonds.